The number of amides is 2. The first-order valence-corrected chi connectivity index (χ1v) is 10.1. The molecule has 0 fully saturated rings. The monoisotopic (exact) mass is 426 g/mol. The Morgan fingerprint density at radius 3 is 2.28 bits per heavy atom. The van der Waals surface area contributed by atoms with Gasteiger partial charge in [0.15, 0.2) is 6.61 Å². The molecule has 0 saturated carbocycles. The molecular formula is C25H22N4O3. The molecule has 7 heteroatoms. The van der Waals surface area contributed by atoms with Gasteiger partial charge in [-0.2, -0.15) is 5.10 Å². The maximum Gasteiger partial charge on any atom is 0.255 e. The van der Waals surface area contributed by atoms with Crippen molar-refractivity contribution in [2.24, 2.45) is 5.73 Å². The molecule has 3 N–H and O–H groups in total. The van der Waals surface area contributed by atoms with E-state index in [-0.39, 0.29) is 19.1 Å². The fraction of sp³-hybridized carbons (Fsp3) is 0.0800. The highest BCUT2D eigenvalue weighted by molar-refractivity contribution is 5.97. The number of carbonyl (C=O) groups excluding carboxylic acids is 2. The lowest BCUT2D eigenvalue weighted by Gasteiger charge is -2.10. The van der Waals surface area contributed by atoms with Crippen molar-refractivity contribution in [3.05, 3.63) is 102 Å². The lowest BCUT2D eigenvalue weighted by molar-refractivity contribution is -0.119. The molecular weight excluding hydrogens is 404 g/mol. The predicted molar refractivity (Wildman–Crippen MR) is 121 cm³/mol. The molecule has 1 heterocycles. The van der Waals surface area contributed by atoms with Crippen molar-refractivity contribution in [1.82, 2.24) is 15.1 Å². The zero-order chi connectivity index (χ0) is 22.3. The molecule has 1 aromatic heterocycles. The molecule has 2 amide bonds. The van der Waals surface area contributed by atoms with E-state index in [4.69, 9.17) is 15.6 Å². The van der Waals surface area contributed by atoms with Crippen molar-refractivity contribution in [2.45, 2.75) is 6.54 Å². The molecule has 0 spiro atoms. The average Bonchev–Trinajstić information content (AvgIpc) is 3.27. The van der Waals surface area contributed by atoms with E-state index >= 15 is 0 Å². The van der Waals surface area contributed by atoms with E-state index in [9.17, 15) is 9.59 Å². The third kappa shape index (κ3) is 4.84. The molecule has 4 rings (SSSR count). The number of nitrogens with one attached hydrogen (secondary N) is 1. The zero-order valence-corrected chi connectivity index (χ0v) is 17.3. The zero-order valence-electron chi connectivity index (χ0n) is 17.3. The molecule has 32 heavy (non-hydrogen) atoms. The van der Waals surface area contributed by atoms with Crippen molar-refractivity contribution in [1.29, 1.82) is 0 Å². The van der Waals surface area contributed by atoms with Gasteiger partial charge in [-0.1, -0.05) is 60.7 Å². The Hall–Kier alpha value is -4.39. The number of ether oxygens (including phenoxy) is 1. The Kier molecular flexibility index (Phi) is 6.27. The van der Waals surface area contributed by atoms with E-state index in [0.717, 1.165) is 22.5 Å². The number of nitrogens with zero attached hydrogens (tertiary/aromatic N) is 2. The van der Waals surface area contributed by atoms with E-state index in [2.05, 4.69) is 5.32 Å². The number of para-hydroxylation sites is 2. The first-order valence-electron chi connectivity index (χ1n) is 10.1. The third-order valence-electron chi connectivity index (χ3n) is 4.80. The van der Waals surface area contributed by atoms with Crippen LogP contribution in [0.4, 0.5) is 0 Å². The number of aromatic nitrogens is 2. The minimum Gasteiger partial charge on any atom is -0.483 e. The van der Waals surface area contributed by atoms with Crippen LogP contribution in [0.2, 0.25) is 0 Å². The van der Waals surface area contributed by atoms with Gasteiger partial charge in [-0.25, -0.2) is 4.68 Å². The van der Waals surface area contributed by atoms with Crippen molar-refractivity contribution in [2.75, 3.05) is 6.61 Å². The van der Waals surface area contributed by atoms with Gasteiger partial charge in [0.1, 0.15) is 5.75 Å². The minimum absolute atomic E-state index is 0.264. The van der Waals surface area contributed by atoms with Crippen LogP contribution in [0, 0.1) is 0 Å². The number of carbonyl (C=O) groups is 2. The number of nitrogens with two attached hydrogens (primary N) is 1. The quantitative estimate of drug-likeness (QED) is 0.451. The van der Waals surface area contributed by atoms with Gasteiger partial charge >= 0.3 is 0 Å². The maximum atomic E-state index is 12.9. The molecule has 0 unspecified atom stereocenters. The molecule has 0 aliphatic carbocycles. The van der Waals surface area contributed by atoms with Crippen LogP contribution < -0.4 is 15.8 Å². The number of primary amides is 1. The maximum absolute atomic E-state index is 12.9. The van der Waals surface area contributed by atoms with Crippen LogP contribution in [0.25, 0.3) is 16.9 Å². The summed E-state index contributed by atoms with van der Waals surface area (Å²) in [4.78, 5) is 23.9. The highest BCUT2D eigenvalue weighted by Gasteiger charge is 2.16. The van der Waals surface area contributed by atoms with Crippen molar-refractivity contribution < 1.29 is 14.3 Å². The second-order valence-electron chi connectivity index (χ2n) is 7.08. The number of rotatable bonds is 8. The Bertz CT molecular complexity index is 1220. The lowest BCUT2D eigenvalue weighted by atomic mass is 10.1. The number of hydrogen-bond acceptors (Lipinski definition) is 4. The minimum atomic E-state index is -0.610. The SMILES string of the molecule is NC(=O)COc1ccccc1C(=O)NCc1cn(-c2ccccc2)nc1-c1ccccc1. The molecule has 4 aromatic rings. The Morgan fingerprint density at radius 2 is 1.56 bits per heavy atom. The van der Waals surface area contributed by atoms with Gasteiger partial charge in [0.2, 0.25) is 0 Å². The van der Waals surface area contributed by atoms with Crippen LogP contribution in [-0.2, 0) is 11.3 Å². The third-order valence-corrected chi connectivity index (χ3v) is 4.80. The Labute approximate surface area is 185 Å². The molecule has 160 valence electrons. The van der Waals surface area contributed by atoms with E-state index in [0.29, 0.717) is 11.3 Å². The van der Waals surface area contributed by atoms with E-state index in [1.807, 2.05) is 66.9 Å². The summed E-state index contributed by atoms with van der Waals surface area (Å²) in [7, 11) is 0. The largest absolute Gasteiger partial charge is 0.483 e. The predicted octanol–water partition coefficient (Wildman–Crippen LogP) is 3.33. The number of benzene rings is 3. The fourth-order valence-electron chi connectivity index (χ4n) is 3.29. The fourth-order valence-corrected chi connectivity index (χ4v) is 3.29. The summed E-state index contributed by atoms with van der Waals surface area (Å²) in [5, 5.41) is 7.69. The second-order valence-corrected chi connectivity index (χ2v) is 7.08. The molecule has 0 aliphatic heterocycles. The summed E-state index contributed by atoms with van der Waals surface area (Å²) in [6, 6.07) is 26.3. The number of hydrogen-bond donors (Lipinski definition) is 2. The molecule has 7 nitrogen and oxygen atoms in total. The Morgan fingerprint density at radius 1 is 0.906 bits per heavy atom. The average molecular weight is 426 g/mol. The highest BCUT2D eigenvalue weighted by atomic mass is 16.5. The van der Waals surface area contributed by atoms with Gasteiger partial charge in [-0.05, 0) is 24.3 Å². The molecule has 0 bridgehead atoms. The Balaban J connectivity index is 1.59. The van der Waals surface area contributed by atoms with E-state index in [1.165, 1.54) is 0 Å². The first kappa shape index (κ1) is 20.9. The molecule has 0 radical (unpaired) electrons. The summed E-state index contributed by atoms with van der Waals surface area (Å²) < 4.78 is 7.17. The summed E-state index contributed by atoms with van der Waals surface area (Å²) >= 11 is 0. The van der Waals surface area contributed by atoms with Gasteiger partial charge in [0.25, 0.3) is 11.8 Å². The van der Waals surface area contributed by atoms with Crippen LogP contribution in [0.5, 0.6) is 5.75 Å². The van der Waals surface area contributed by atoms with Crippen LogP contribution in [0.15, 0.2) is 91.1 Å². The van der Waals surface area contributed by atoms with Crippen molar-refractivity contribution in [3.63, 3.8) is 0 Å². The van der Waals surface area contributed by atoms with E-state index < -0.39 is 5.91 Å². The van der Waals surface area contributed by atoms with Gasteiger partial charge in [0, 0.05) is 23.9 Å². The molecule has 0 atom stereocenters. The van der Waals surface area contributed by atoms with Gasteiger partial charge in [-0.3, -0.25) is 9.59 Å². The van der Waals surface area contributed by atoms with Crippen LogP contribution in [0.3, 0.4) is 0 Å². The smallest absolute Gasteiger partial charge is 0.255 e. The van der Waals surface area contributed by atoms with Gasteiger partial charge < -0.3 is 15.8 Å². The van der Waals surface area contributed by atoms with Crippen molar-refractivity contribution >= 4 is 11.8 Å². The van der Waals surface area contributed by atoms with Crippen LogP contribution >= 0.6 is 0 Å². The van der Waals surface area contributed by atoms with Crippen molar-refractivity contribution in [3.8, 4) is 22.7 Å². The second kappa shape index (κ2) is 9.61. The summed E-state index contributed by atoms with van der Waals surface area (Å²) in [5.74, 6) is -0.635. The van der Waals surface area contributed by atoms with Gasteiger partial charge in [0.05, 0.1) is 16.9 Å². The van der Waals surface area contributed by atoms with Gasteiger partial charge in [-0.15, -0.1) is 0 Å². The summed E-state index contributed by atoms with van der Waals surface area (Å²) in [6.45, 7) is -0.0354. The molecule has 0 aliphatic rings. The lowest BCUT2D eigenvalue weighted by Crippen LogP contribution is -2.25. The molecule has 0 saturated heterocycles. The first-order chi connectivity index (χ1) is 15.6. The van der Waals surface area contributed by atoms with Crippen LogP contribution in [0.1, 0.15) is 15.9 Å². The van der Waals surface area contributed by atoms with E-state index in [1.54, 1.807) is 28.9 Å². The normalized spacial score (nSPS) is 10.5. The topological polar surface area (TPSA) is 99.2 Å². The summed E-state index contributed by atoms with van der Waals surface area (Å²) in [6.07, 6.45) is 1.91. The van der Waals surface area contributed by atoms with Crippen LogP contribution in [-0.4, -0.2) is 28.2 Å². The standard InChI is InChI=1S/C25H22N4O3/c26-23(30)17-32-22-14-8-7-13-21(22)25(31)27-15-19-16-29(20-11-5-2-6-12-20)28-24(19)18-9-3-1-4-10-18/h1-14,16H,15,17H2,(H2,26,30)(H,27,31). The highest BCUT2D eigenvalue weighted by Crippen LogP contribution is 2.24. The molecule has 3 aromatic carbocycles. The summed E-state index contributed by atoms with van der Waals surface area (Å²) in [5.41, 5.74) is 9.00.